The molecule has 8 N–H and O–H groups in total. The number of nitrogens with zero attached hydrogens (tertiary/aromatic N) is 12. The first-order chi connectivity index (χ1) is 60.7. The summed E-state index contributed by atoms with van der Waals surface area (Å²) in [5, 5.41) is 143. The first-order valence-electron chi connectivity index (χ1n) is 46.3. The smallest absolute Gasteiger partial charge is 0.872 e. The molecule has 140 heavy (non-hydrogen) atoms. The van der Waals surface area contributed by atoms with Gasteiger partial charge in [0, 0.05) is 236 Å². The van der Waals surface area contributed by atoms with Crippen LogP contribution in [-0.2, 0) is 176 Å². The summed E-state index contributed by atoms with van der Waals surface area (Å²) in [4.78, 5) is 112. The maximum Gasteiger partial charge on any atom is 6.00 e. The van der Waals surface area contributed by atoms with Gasteiger partial charge in [-0.3, -0.25) is 58.8 Å². The molecule has 0 radical (unpaired) electrons. The number of carboxylic acid groups (broad SMARTS) is 8. The maximum atomic E-state index is 13.4. The van der Waals surface area contributed by atoms with Gasteiger partial charge < -0.3 is 122 Å². The predicted molar refractivity (Wildman–Crippen MR) is 500 cm³/mol. The zero-order valence-corrected chi connectivity index (χ0v) is 91.4. The minimum absolute atomic E-state index is 0. The fourth-order valence-corrected chi connectivity index (χ4v) is 16.2. The van der Waals surface area contributed by atoms with E-state index in [1.165, 1.54) is 0 Å². The number of benzene rings is 4. The van der Waals surface area contributed by atoms with Crippen LogP contribution in [0.2, 0.25) is 0 Å². The van der Waals surface area contributed by atoms with E-state index in [4.69, 9.17) is 0 Å². The monoisotopic (exact) mass is 2140 g/mol. The third kappa shape index (κ3) is 49.0. The van der Waals surface area contributed by atoms with Crippen molar-refractivity contribution in [3.63, 3.8) is 0 Å². The summed E-state index contributed by atoms with van der Waals surface area (Å²) in [6, 6.07) is 16.0. The molecule has 0 bridgehead atoms. The van der Waals surface area contributed by atoms with Crippen molar-refractivity contribution in [1.29, 1.82) is 0 Å². The van der Waals surface area contributed by atoms with Gasteiger partial charge in [0.1, 0.15) is 0 Å². The second-order valence-corrected chi connectivity index (χ2v) is 44.3. The second kappa shape index (κ2) is 61.0. The Hall–Kier alpha value is -6.72. The molecule has 0 saturated carbocycles. The minimum atomic E-state index is -1.17. The van der Waals surface area contributed by atoms with Gasteiger partial charge in [0.2, 0.25) is 0 Å². The topological polar surface area (TPSA) is 578 Å². The van der Waals surface area contributed by atoms with Gasteiger partial charge in [0.25, 0.3) is 0 Å². The van der Waals surface area contributed by atoms with Crippen molar-refractivity contribution in [2.45, 2.75) is 236 Å². The Bertz CT molecular complexity index is 3850. The Morgan fingerprint density at radius 1 is 0.193 bits per heavy atom. The number of carbonyl (C=O) groups is 8. The zero-order chi connectivity index (χ0) is 99.9. The summed E-state index contributed by atoms with van der Waals surface area (Å²) >= 11 is 0. The van der Waals surface area contributed by atoms with Gasteiger partial charge in [-0.1, -0.05) is 215 Å². The van der Waals surface area contributed by atoms with Crippen molar-refractivity contribution in [1.82, 2.24) is 58.8 Å². The van der Waals surface area contributed by atoms with E-state index in [1.54, 1.807) is 39.2 Å². The van der Waals surface area contributed by atoms with E-state index in [9.17, 15) is 99.6 Å². The third-order valence-electron chi connectivity index (χ3n) is 24.5. The van der Waals surface area contributed by atoms with Crippen molar-refractivity contribution >= 4 is 47.8 Å². The summed E-state index contributed by atoms with van der Waals surface area (Å²) in [6.07, 6.45) is 0. The molecule has 4 aromatic rings. The van der Waals surface area contributed by atoms with Crippen molar-refractivity contribution in [2.24, 2.45) is 0 Å². The van der Waals surface area contributed by atoms with Crippen LogP contribution in [0.1, 0.15) is 233 Å². The molecule has 0 unspecified atom stereocenters. The Labute approximate surface area is 874 Å². The molecular formula is C100H160Fe4N12O24+12. The molecule has 4 fully saturated rings. The molecule has 4 aliphatic rings. The standard InChI is InChI=1S/4C25H41N3O5.4Fe.4H2O/c4*1-24(2,3)19-13-18(23(33)20(14-19)25(4,5)6)15-26-7-9-27(16-21(29)30)11-12-28(10-8-26)17-22(31)32;;;;;;;;/h4*13-14,33H,7-12,15-17H2,1-6H3,(H,29,30)(H,31,32);;;;;4*1H2/q;;;;4*+6;;;;/p-12. The van der Waals surface area contributed by atoms with Gasteiger partial charge in [-0.05, 0) is 110 Å². The van der Waals surface area contributed by atoms with E-state index in [0.717, 1.165) is 44.5 Å². The van der Waals surface area contributed by atoms with Crippen LogP contribution >= 0.6 is 0 Å². The molecule has 4 aromatic carbocycles. The van der Waals surface area contributed by atoms with Gasteiger partial charge in [0.05, 0.1) is 47.8 Å². The molecule has 0 spiro atoms. The molecule has 36 nitrogen and oxygen atoms in total. The molecule has 0 atom stereocenters. The fraction of sp³-hybridized carbons (Fsp3) is 0.680. The van der Waals surface area contributed by atoms with Gasteiger partial charge in [-0.15, -0.1) is 23.0 Å². The molecule has 4 aliphatic heterocycles. The average Bonchev–Trinajstić information content (AvgIpc) is 0.856. The number of carbonyl (C=O) groups excluding carboxylic acids is 8. The predicted octanol–water partition coefficient (Wildman–Crippen LogP) is -6.21. The summed E-state index contributed by atoms with van der Waals surface area (Å²) in [7, 11) is 0. The van der Waals surface area contributed by atoms with E-state index in [-0.39, 0.29) is 209 Å². The van der Waals surface area contributed by atoms with Crippen LogP contribution in [0.15, 0.2) is 48.5 Å². The first-order valence-corrected chi connectivity index (χ1v) is 46.3. The fourth-order valence-electron chi connectivity index (χ4n) is 16.2. The Morgan fingerprint density at radius 3 is 0.379 bits per heavy atom. The van der Waals surface area contributed by atoms with Gasteiger partial charge in [-0.2, -0.15) is 0 Å². The van der Waals surface area contributed by atoms with Crippen LogP contribution in [0.25, 0.3) is 0 Å². The second-order valence-electron chi connectivity index (χ2n) is 44.3. The molecular weight excluding hydrogens is 1980 g/mol. The zero-order valence-electron chi connectivity index (χ0n) is 87.0. The van der Waals surface area contributed by atoms with Gasteiger partial charge >= 0.3 is 68.3 Å². The third-order valence-corrected chi connectivity index (χ3v) is 24.5. The van der Waals surface area contributed by atoms with Crippen LogP contribution < -0.4 is 61.3 Å². The largest absolute Gasteiger partial charge is 6.00 e. The molecule has 4 heterocycles. The van der Waals surface area contributed by atoms with Crippen LogP contribution in [0.4, 0.5) is 0 Å². The Balaban J connectivity index is -0.000000864. The first kappa shape index (κ1) is 140. The van der Waals surface area contributed by atoms with E-state index < -0.39 is 47.8 Å². The summed E-state index contributed by atoms with van der Waals surface area (Å²) < 4.78 is 0. The van der Waals surface area contributed by atoms with Crippen molar-refractivity contribution in [3.8, 4) is 23.0 Å². The normalized spacial score (nSPS) is 16.9. The number of hydrogen-bond acceptors (Lipinski definition) is 32. The number of carboxylic acids is 8. The molecule has 784 valence electrons. The van der Waals surface area contributed by atoms with E-state index in [2.05, 4.69) is 103 Å². The van der Waals surface area contributed by atoms with Crippen LogP contribution in [0.5, 0.6) is 23.0 Å². The van der Waals surface area contributed by atoms with Gasteiger partial charge in [0.15, 0.2) is 0 Å². The van der Waals surface area contributed by atoms with Crippen molar-refractivity contribution < 1.29 is 190 Å². The molecule has 8 rings (SSSR count). The summed E-state index contributed by atoms with van der Waals surface area (Å²) in [6.45, 7) is 61.8. The van der Waals surface area contributed by atoms with E-state index in [1.807, 2.05) is 132 Å². The number of rotatable bonds is 24. The number of hydrogen-bond donors (Lipinski definition) is 0. The molecule has 0 amide bonds. The SMILES string of the molecule is CC(C)(C)c1cc(CN2CCN(CC(=O)[O-])CCN(CC(=O)[O-])CC2)c([O-])c(C(C)(C)C)c1.CC(C)(C)c1cc(CN2CCN(CC(=O)[O-])CCN(CC(=O)[O-])CC2)c([O-])c(C(C)(C)C)c1.CC(C)(C)c1cc(CN2CCN(CC(=O)[O-])CCN(CC(=O)[O-])CC2)c([O-])c(C(C)(C)C)c1.CC(C)(C)c1cc(CN2CCN(CC(=O)[O-])CCN(CC(=O)[O-])CC2)c([O-])c(C(C)(C)C)c1.O.O.O.O.[Fe+6].[Fe+6].[Fe+6].[Fe+6]. The van der Waals surface area contributed by atoms with E-state index >= 15 is 0 Å². The maximum absolute atomic E-state index is 13.4. The van der Waals surface area contributed by atoms with Crippen LogP contribution in [-0.4, -0.2) is 338 Å². The molecule has 40 heteroatoms. The quantitative estimate of drug-likeness (QED) is 0.0589. The van der Waals surface area contributed by atoms with Crippen LogP contribution in [0.3, 0.4) is 0 Å². The molecule has 4 saturated heterocycles. The van der Waals surface area contributed by atoms with Gasteiger partial charge in [-0.25, -0.2) is 0 Å². The van der Waals surface area contributed by atoms with Crippen molar-refractivity contribution in [2.75, 3.05) is 209 Å². The summed E-state index contributed by atoms with van der Waals surface area (Å²) in [5.41, 5.74) is 8.74. The Morgan fingerprint density at radius 2 is 0.293 bits per heavy atom. The van der Waals surface area contributed by atoms with Crippen LogP contribution in [0, 0.1) is 0 Å². The Kier molecular flexibility index (Phi) is 60.8. The molecule has 0 aromatic heterocycles. The van der Waals surface area contributed by atoms with Crippen molar-refractivity contribution in [3.05, 3.63) is 115 Å². The average molecular weight is 2140 g/mol. The molecule has 0 aliphatic carbocycles. The van der Waals surface area contributed by atoms with E-state index in [0.29, 0.717) is 206 Å². The summed E-state index contributed by atoms with van der Waals surface area (Å²) in [5.74, 6) is -9.18. The number of aliphatic carboxylic acids is 8. The minimum Gasteiger partial charge on any atom is -0.872 e.